The predicted molar refractivity (Wildman–Crippen MR) is 122 cm³/mol. The lowest BCUT2D eigenvalue weighted by atomic mass is 9.90. The van der Waals surface area contributed by atoms with Crippen molar-refractivity contribution < 1.29 is 9.15 Å². The topological polar surface area (TPSA) is 137 Å². The van der Waals surface area contributed by atoms with Gasteiger partial charge in [-0.05, 0) is 57.2 Å². The summed E-state index contributed by atoms with van der Waals surface area (Å²) in [5.74, 6) is 1.35. The predicted octanol–water partition coefficient (Wildman–Crippen LogP) is 3.70. The minimum atomic E-state index is -0.719. The molecule has 2 N–H and O–H groups in total. The Labute approximate surface area is 191 Å². The molecule has 0 amide bonds. The Hall–Kier alpha value is -4.16. The lowest BCUT2D eigenvalue weighted by Gasteiger charge is -2.15. The second-order valence-electron chi connectivity index (χ2n) is 7.93. The van der Waals surface area contributed by atoms with Crippen molar-refractivity contribution in [3.05, 3.63) is 60.2 Å². The molecule has 1 aromatic carbocycles. The summed E-state index contributed by atoms with van der Waals surface area (Å²) in [6, 6.07) is 13.3. The SMILES string of the molecule is Cc1ncc(-c2ccnc(C(C)(C)C#N)c2)nc1-c1nnc(-c2ccc(OCCN)cc2)o1. The molecule has 0 aliphatic rings. The highest BCUT2D eigenvalue weighted by molar-refractivity contribution is 5.64. The van der Waals surface area contributed by atoms with Crippen LogP contribution in [0.2, 0.25) is 0 Å². The van der Waals surface area contributed by atoms with Gasteiger partial charge in [-0.15, -0.1) is 10.2 Å². The number of hydrogen-bond donors (Lipinski definition) is 1. The summed E-state index contributed by atoms with van der Waals surface area (Å²) in [4.78, 5) is 13.5. The van der Waals surface area contributed by atoms with Crippen molar-refractivity contribution in [3.8, 4) is 46.1 Å². The number of benzene rings is 1. The van der Waals surface area contributed by atoms with Crippen molar-refractivity contribution in [3.63, 3.8) is 0 Å². The minimum absolute atomic E-state index is 0.270. The zero-order valence-corrected chi connectivity index (χ0v) is 18.6. The Bertz CT molecular complexity index is 1310. The molecule has 3 heterocycles. The van der Waals surface area contributed by atoms with Gasteiger partial charge in [0.25, 0.3) is 5.89 Å². The zero-order valence-electron chi connectivity index (χ0n) is 18.6. The molecular formula is C24H23N7O2. The van der Waals surface area contributed by atoms with E-state index in [1.165, 1.54) is 0 Å². The second kappa shape index (κ2) is 9.14. The van der Waals surface area contributed by atoms with Crippen LogP contribution in [0.15, 0.2) is 53.2 Å². The monoisotopic (exact) mass is 441 g/mol. The van der Waals surface area contributed by atoms with Crippen molar-refractivity contribution in [1.29, 1.82) is 5.26 Å². The van der Waals surface area contributed by atoms with Crippen LogP contribution in [0, 0.1) is 18.3 Å². The first-order valence-corrected chi connectivity index (χ1v) is 10.4. The van der Waals surface area contributed by atoms with E-state index >= 15 is 0 Å². The Kier molecular flexibility index (Phi) is 6.11. The van der Waals surface area contributed by atoms with Gasteiger partial charge < -0.3 is 14.9 Å². The van der Waals surface area contributed by atoms with Gasteiger partial charge in [0.05, 0.1) is 34.8 Å². The highest BCUT2D eigenvalue weighted by atomic mass is 16.5. The second-order valence-corrected chi connectivity index (χ2v) is 7.93. The fraction of sp³-hybridized carbons (Fsp3) is 0.250. The van der Waals surface area contributed by atoms with Gasteiger partial charge in [0.2, 0.25) is 5.89 Å². The molecule has 0 fully saturated rings. The number of nitrogens with two attached hydrogens (primary N) is 1. The number of ether oxygens (including phenoxy) is 1. The van der Waals surface area contributed by atoms with E-state index in [2.05, 4.69) is 26.2 Å². The average Bonchev–Trinajstić information content (AvgIpc) is 3.33. The molecule has 0 aliphatic heterocycles. The summed E-state index contributed by atoms with van der Waals surface area (Å²) in [5, 5.41) is 17.8. The van der Waals surface area contributed by atoms with Gasteiger partial charge in [0.15, 0.2) is 0 Å². The fourth-order valence-electron chi connectivity index (χ4n) is 3.09. The lowest BCUT2D eigenvalue weighted by Crippen LogP contribution is -2.15. The first-order chi connectivity index (χ1) is 15.9. The van der Waals surface area contributed by atoms with E-state index < -0.39 is 5.41 Å². The smallest absolute Gasteiger partial charge is 0.268 e. The van der Waals surface area contributed by atoms with Crippen molar-refractivity contribution in [1.82, 2.24) is 25.1 Å². The van der Waals surface area contributed by atoms with Gasteiger partial charge in [-0.3, -0.25) is 9.97 Å². The van der Waals surface area contributed by atoms with E-state index in [-0.39, 0.29) is 5.89 Å². The van der Waals surface area contributed by atoms with Crippen LogP contribution in [-0.2, 0) is 5.41 Å². The standard InChI is InChI=1S/C24H23N7O2/c1-15-21(23-31-30-22(33-23)16-4-6-18(7-5-16)32-11-9-25)29-19(13-28-15)17-8-10-27-20(12-17)24(2,3)14-26/h4-8,10,12-13H,9,11,25H2,1-3H3. The third-order valence-corrected chi connectivity index (χ3v) is 5.05. The molecule has 0 unspecified atom stereocenters. The van der Waals surface area contributed by atoms with Crippen LogP contribution in [0.5, 0.6) is 5.75 Å². The Morgan fingerprint density at radius 1 is 1.06 bits per heavy atom. The van der Waals surface area contributed by atoms with Crippen LogP contribution < -0.4 is 10.5 Å². The van der Waals surface area contributed by atoms with Crippen LogP contribution >= 0.6 is 0 Å². The quantitative estimate of drug-likeness (QED) is 0.455. The van der Waals surface area contributed by atoms with Gasteiger partial charge in [-0.1, -0.05) is 0 Å². The van der Waals surface area contributed by atoms with Crippen LogP contribution in [0.3, 0.4) is 0 Å². The number of aromatic nitrogens is 5. The third-order valence-electron chi connectivity index (χ3n) is 5.05. The maximum absolute atomic E-state index is 9.43. The Morgan fingerprint density at radius 2 is 1.82 bits per heavy atom. The average molecular weight is 441 g/mol. The van der Waals surface area contributed by atoms with Crippen molar-refractivity contribution in [2.24, 2.45) is 5.73 Å². The Morgan fingerprint density at radius 3 is 2.55 bits per heavy atom. The normalized spacial score (nSPS) is 11.2. The maximum Gasteiger partial charge on any atom is 0.268 e. The van der Waals surface area contributed by atoms with E-state index in [1.54, 1.807) is 12.4 Å². The van der Waals surface area contributed by atoms with E-state index in [0.717, 1.165) is 16.9 Å². The van der Waals surface area contributed by atoms with E-state index in [0.29, 0.717) is 41.8 Å². The maximum atomic E-state index is 9.43. The zero-order chi connectivity index (χ0) is 23.4. The van der Waals surface area contributed by atoms with E-state index in [9.17, 15) is 5.26 Å². The van der Waals surface area contributed by atoms with Gasteiger partial charge in [0.1, 0.15) is 18.1 Å². The van der Waals surface area contributed by atoms with Crippen molar-refractivity contribution in [2.75, 3.05) is 13.2 Å². The highest BCUT2D eigenvalue weighted by Gasteiger charge is 2.22. The molecule has 0 radical (unpaired) electrons. The molecule has 0 saturated heterocycles. The van der Waals surface area contributed by atoms with Crippen LogP contribution in [0.25, 0.3) is 34.3 Å². The number of aryl methyl sites for hydroxylation is 1. The summed E-state index contributed by atoms with van der Waals surface area (Å²) in [6.45, 7) is 6.37. The van der Waals surface area contributed by atoms with Gasteiger partial charge in [-0.2, -0.15) is 5.26 Å². The van der Waals surface area contributed by atoms with Crippen LogP contribution in [0.1, 0.15) is 25.2 Å². The van der Waals surface area contributed by atoms with Crippen molar-refractivity contribution in [2.45, 2.75) is 26.2 Å². The summed E-state index contributed by atoms with van der Waals surface area (Å²) in [5.41, 5.74) is 8.73. The number of nitrogens with zero attached hydrogens (tertiary/aromatic N) is 6. The molecule has 0 spiro atoms. The van der Waals surface area contributed by atoms with Crippen LogP contribution in [-0.4, -0.2) is 38.3 Å². The van der Waals surface area contributed by atoms with Gasteiger partial charge in [-0.25, -0.2) is 4.98 Å². The molecule has 0 bridgehead atoms. The van der Waals surface area contributed by atoms with E-state index in [1.807, 2.05) is 57.2 Å². The number of nitriles is 1. The molecule has 0 atom stereocenters. The lowest BCUT2D eigenvalue weighted by molar-refractivity contribution is 0.328. The summed E-state index contributed by atoms with van der Waals surface area (Å²) in [6.07, 6.45) is 3.34. The number of pyridine rings is 1. The Balaban J connectivity index is 1.64. The third kappa shape index (κ3) is 4.71. The first-order valence-electron chi connectivity index (χ1n) is 10.4. The summed E-state index contributed by atoms with van der Waals surface area (Å²) < 4.78 is 11.4. The molecule has 0 aliphatic carbocycles. The highest BCUT2D eigenvalue weighted by Crippen LogP contribution is 2.29. The van der Waals surface area contributed by atoms with Gasteiger partial charge >= 0.3 is 0 Å². The molecular weight excluding hydrogens is 418 g/mol. The molecule has 4 aromatic rings. The number of hydrogen-bond acceptors (Lipinski definition) is 9. The van der Waals surface area contributed by atoms with Crippen LogP contribution in [0.4, 0.5) is 0 Å². The largest absolute Gasteiger partial charge is 0.492 e. The molecule has 33 heavy (non-hydrogen) atoms. The summed E-state index contributed by atoms with van der Waals surface area (Å²) >= 11 is 0. The van der Waals surface area contributed by atoms with E-state index in [4.69, 9.17) is 19.9 Å². The molecule has 9 heteroatoms. The number of rotatable bonds is 7. The fourth-order valence-corrected chi connectivity index (χ4v) is 3.09. The minimum Gasteiger partial charge on any atom is -0.492 e. The van der Waals surface area contributed by atoms with Crippen molar-refractivity contribution >= 4 is 0 Å². The molecule has 3 aromatic heterocycles. The van der Waals surface area contributed by atoms with Gasteiger partial charge in [0, 0.05) is 23.9 Å². The molecule has 0 saturated carbocycles. The molecule has 9 nitrogen and oxygen atoms in total. The first kappa shape index (κ1) is 22.0. The molecule has 4 rings (SSSR count). The summed E-state index contributed by atoms with van der Waals surface area (Å²) in [7, 11) is 0. The molecule has 166 valence electrons.